The molecule has 0 bridgehead atoms. The molecule has 3 rings (SSSR count). The molecule has 2 aromatic carbocycles. The molecule has 8 heteroatoms. The van der Waals surface area contributed by atoms with E-state index in [0.29, 0.717) is 43.7 Å². The first-order chi connectivity index (χ1) is 14.9. The van der Waals surface area contributed by atoms with Crippen molar-refractivity contribution in [3.05, 3.63) is 65.7 Å². The molecule has 1 saturated heterocycles. The number of sulfonamides is 1. The largest absolute Gasteiger partial charge is 0.352 e. The van der Waals surface area contributed by atoms with Gasteiger partial charge in [0, 0.05) is 25.6 Å². The van der Waals surface area contributed by atoms with Crippen molar-refractivity contribution in [1.82, 2.24) is 9.62 Å². The highest BCUT2D eigenvalue weighted by Crippen LogP contribution is 2.23. The van der Waals surface area contributed by atoms with Gasteiger partial charge in [0.15, 0.2) is 0 Å². The third-order valence-electron chi connectivity index (χ3n) is 5.55. The number of nitrogens with one attached hydrogen (secondary N) is 2. The van der Waals surface area contributed by atoms with Crippen LogP contribution in [-0.4, -0.2) is 49.9 Å². The van der Waals surface area contributed by atoms with Crippen LogP contribution in [0.25, 0.3) is 0 Å². The average Bonchev–Trinajstić information content (AvgIpc) is 2.80. The van der Waals surface area contributed by atoms with Crippen molar-refractivity contribution < 1.29 is 18.0 Å². The third-order valence-corrected chi connectivity index (χ3v) is 7.44. The summed E-state index contributed by atoms with van der Waals surface area (Å²) in [6, 6.07) is 16.8. The van der Waals surface area contributed by atoms with Crippen molar-refractivity contribution in [3.8, 4) is 0 Å². The smallest absolute Gasteiger partial charge is 0.253 e. The van der Waals surface area contributed by atoms with Crippen LogP contribution >= 0.6 is 0 Å². The van der Waals surface area contributed by atoms with E-state index in [4.69, 9.17) is 0 Å². The summed E-state index contributed by atoms with van der Waals surface area (Å²) in [7, 11) is -3.23. The zero-order chi connectivity index (χ0) is 22.3. The molecule has 0 spiro atoms. The minimum Gasteiger partial charge on any atom is -0.352 e. The molecule has 2 amide bonds. The predicted molar refractivity (Wildman–Crippen MR) is 121 cm³/mol. The number of hydrogen-bond donors (Lipinski definition) is 2. The lowest BCUT2D eigenvalue weighted by Gasteiger charge is -2.30. The first-order valence-electron chi connectivity index (χ1n) is 10.6. The fourth-order valence-electron chi connectivity index (χ4n) is 3.66. The predicted octanol–water partition coefficient (Wildman–Crippen LogP) is 2.66. The molecule has 0 saturated carbocycles. The van der Waals surface area contributed by atoms with Crippen LogP contribution in [-0.2, 0) is 21.2 Å². The van der Waals surface area contributed by atoms with E-state index in [1.165, 1.54) is 4.31 Å². The normalized spacial score (nSPS) is 15.4. The molecule has 2 N–H and O–H groups in total. The maximum Gasteiger partial charge on any atom is 0.253 e. The maximum atomic E-state index is 12.8. The van der Waals surface area contributed by atoms with Gasteiger partial charge in [-0.25, -0.2) is 12.7 Å². The number of carbonyl (C=O) groups is 2. The molecule has 31 heavy (non-hydrogen) atoms. The van der Waals surface area contributed by atoms with Gasteiger partial charge in [0.1, 0.15) is 0 Å². The van der Waals surface area contributed by atoms with Gasteiger partial charge in [-0.15, -0.1) is 0 Å². The molecule has 1 aliphatic rings. The second-order valence-electron chi connectivity index (χ2n) is 7.60. The lowest BCUT2D eigenvalue weighted by atomic mass is 9.97. The monoisotopic (exact) mass is 443 g/mol. The van der Waals surface area contributed by atoms with Gasteiger partial charge in [0.25, 0.3) is 5.91 Å². The summed E-state index contributed by atoms with van der Waals surface area (Å²) in [5.74, 6) is -0.636. The average molecular weight is 444 g/mol. The summed E-state index contributed by atoms with van der Waals surface area (Å²) in [5, 5.41) is 5.77. The Kier molecular flexibility index (Phi) is 7.81. The molecule has 1 aliphatic heterocycles. The first-order valence-corrected chi connectivity index (χ1v) is 12.2. The van der Waals surface area contributed by atoms with E-state index in [1.807, 2.05) is 30.3 Å². The lowest BCUT2D eigenvalue weighted by molar-refractivity contribution is -0.120. The standard InChI is InChI=1S/C23H29N3O4S/c1-2-31(29,30)26-16-13-19(14-17-26)22(27)25-21-11-7-6-10-20(21)23(28)24-15-12-18-8-4-3-5-9-18/h3-11,19H,2,12-17H2,1H3,(H,24,28)(H,25,27). The minimum absolute atomic E-state index is 0.0661. The first kappa shape index (κ1) is 23.0. The fourth-order valence-corrected chi connectivity index (χ4v) is 4.80. The molecular formula is C23H29N3O4S. The zero-order valence-electron chi connectivity index (χ0n) is 17.7. The third kappa shape index (κ3) is 6.15. The Labute approximate surface area is 183 Å². The number of rotatable bonds is 8. The minimum atomic E-state index is -3.23. The SMILES string of the molecule is CCS(=O)(=O)N1CCC(C(=O)Nc2ccccc2C(=O)NCCc2ccccc2)CC1. The number of piperidine rings is 1. The van der Waals surface area contributed by atoms with Crippen molar-refractivity contribution in [2.24, 2.45) is 5.92 Å². The van der Waals surface area contributed by atoms with E-state index in [0.717, 1.165) is 12.0 Å². The Hall–Kier alpha value is -2.71. The Balaban J connectivity index is 1.56. The molecule has 1 fully saturated rings. The van der Waals surface area contributed by atoms with Crippen molar-refractivity contribution in [1.29, 1.82) is 0 Å². The van der Waals surface area contributed by atoms with Crippen LogP contribution in [0.5, 0.6) is 0 Å². The molecule has 0 unspecified atom stereocenters. The Morgan fingerprint density at radius 1 is 1.00 bits per heavy atom. The lowest BCUT2D eigenvalue weighted by Crippen LogP contribution is -2.42. The van der Waals surface area contributed by atoms with Crippen molar-refractivity contribution in [3.63, 3.8) is 0 Å². The highest BCUT2D eigenvalue weighted by atomic mass is 32.2. The van der Waals surface area contributed by atoms with E-state index < -0.39 is 10.0 Å². The summed E-state index contributed by atoms with van der Waals surface area (Å²) >= 11 is 0. The summed E-state index contributed by atoms with van der Waals surface area (Å²) in [6.07, 6.45) is 1.66. The summed E-state index contributed by atoms with van der Waals surface area (Å²) in [4.78, 5) is 25.4. The van der Waals surface area contributed by atoms with E-state index in [9.17, 15) is 18.0 Å². The second kappa shape index (κ2) is 10.5. The summed E-state index contributed by atoms with van der Waals surface area (Å²) in [6.45, 7) is 2.80. The highest BCUT2D eigenvalue weighted by molar-refractivity contribution is 7.89. The number of carbonyl (C=O) groups excluding carboxylic acids is 2. The van der Waals surface area contributed by atoms with Crippen molar-refractivity contribution in [2.45, 2.75) is 26.2 Å². The molecule has 0 aromatic heterocycles. The zero-order valence-corrected chi connectivity index (χ0v) is 18.5. The van der Waals surface area contributed by atoms with Gasteiger partial charge in [0.05, 0.1) is 17.0 Å². The quantitative estimate of drug-likeness (QED) is 0.656. The summed E-state index contributed by atoms with van der Waals surface area (Å²) in [5.41, 5.74) is 2.02. The summed E-state index contributed by atoms with van der Waals surface area (Å²) < 4.78 is 25.4. The number of nitrogens with zero attached hydrogens (tertiary/aromatic N) is 1. The number of para-hydroxylation sites is 1. The Morgan fingerprint density at radius 3 is 2.32 bits per heavy atom. The number of amides is 2. The molecule has 166 valence electrons. The van der Waals surface area contributed by atoms with Gasteiger partial charge in [-0.1, -0.05) is 42.5 Å². The van der Waals surface area contributed by atoms with Crippen molar-refractivity contribution >= 4 is 27.5 Å². The molecular weight excluding hydrogens is 414 g/mol. The van der Waals surface area contributed by atoms with Gasteiger partial charge in [-0.2, -0.15) is 0 Å². The van der Waals surface area contributed by atoms with Crippen molar-refractivity contribution in [2.75, 3.05) is 30.7 Å². The van der Waals surface area contributed by atoms with Crippen LogP contribution in [0.1, 0.15) is 35.7 Å². The number of benzene rings is 2. The van der Waals surface area contributed by atoms with Gasteiger partial charge < -0.3 is 10.6 Å². The molecule has 2 aromatic rings. The van der Waals surface area contributed by atoms with Crippen LogP contribution in [0.15, 0.2) is 54.6 Å². The number of anilines is 1. The molecule has 0 radical (unpaired) electrons. The van der Waals surface area contributed by atoms with E-state index >= 15 is 0 Å². The topological polar surface area (TPSA) is 95.6 Å². The molecule has 0 atom stereocenters. The van der Waals surface area contributed by atoms with Gasteiger partial charge in [-0.05, 0) is 43.9 Å². The highest BCUT2D eigenvalue weighted by Gasteiger charge is 2.30. The van der Waals surface area contributed by atoms with Crippen LogP contribution in [0, 0.1) is 5.92 Å². The maximum absolute atomic E-state index is 12.8. The second-order valence-corrected chi connectivity index (χ2v) is 9.86. The van der Waals surface area contributed by atoms with Crippen LogP contribution in [0.2, 0.25) is 0 Å². The van der Waals surface area contributed by atoms with Crippen LogP contribution in [0.4, 0.5) is 5.69 Å². The molecule has 0 aliphatic carbocycles. The molecule has 7 nitrogen and oxygen atoms in total. The van der Waals surface area contributed by atoms with E-state index in [2.05, 4.69) is 10.6 Å². The Morgan fingerprint density at radius 2 is 1.65 bits per heavy atom. The molecule has 1 heterocycles. The van der Waals surface area contributed by atoms with Gasteiger partial charge in [0.2, 0.25) is 15.9 Å². The van der Waals surface area contributed by atoms with E-state index in [1.54, 1.807) is 31.2 Å². The van der Waals surface area contributed by atoms with E-state index in [-0.39, 0.29) is 23.5 Å². The fraction of sp³-hybridized carbons (Fsp3) is 0.391. The van der Waals surface area contributed by atoms with Crippen LogP contribution < -0.4 is 10.6 Å². The Bertz CT molecular complexity index is 1000. The van der Waals surface area contributed by atoms with Gasteiger partial charge in [-0.3, -0.25) is 9.59 Å². The number of hydrogen-bond acceptors (Lipinski definition) is 4. The van der Waals surface area contributed by atoms with Gasteiger partial charge >= 0.3 is 0 Å². The van der Waals surface area contributed by atoms with Crippen LogP contribution in [0.3, 0.4) is 0 Å².